The number of benzene rings is 10. The third-order valence-electron chi connectivity index (χ3n) is 11.3. The van der Waals surface area contributed by atoms with Crippen LogP contribution < -0.4 is 22.1 Å². The van der Waals surface area contributed by atoms with Crippen molar-refractivity contribution in [3.63, 3.8) is 0 Å². The quantitative estimate of drug-likeness (QED) is 0.104. The number of hydrogen-bond donors (Lipinski definition) is 4. The second-order valence-electron chi connectivity index (χ2n) is 15.6. The fourth-order valence-corrected chi connectivity index (χ4v) is 7.96. The molecule has 10 rings (SSSR count). The highest BCUT2D eigenvalue weighted by atomic mass is 14.9. The Kier molecular flexibility index (Phi) is 12.0. The van der Waals surface area contributed by atoms with E-state index in [-0.39, 0.29) is 0 Å². The predicted octanol–water partition coefficient (Wildman–Crippen LogP) is 15.4. The number of rotatable bonds is 10. The lowest BCUT2D eigenvalue weighted by molar-refractivity contribution is 1.20. The Morgan fingerprint density at radius 2 is 0.873 bits per heavy atom. The van der Waals surface area contributed by atoms with Gasteiger partial charge in [-0.05, 0) is 117 Å². The Bertz CT molecular complexity index is 3070. The van der Waals surface area contributed by atoms with E-state index >= 15 is 0 Å². The minimum atomic E-state index is 0.784. The minimum absolute atomic E-state index is 0.784. The van der Waals surface area contributed by atoms with Crippen LogP contribution in [-0.2, 0) is 6.42 Å². The highest BCUT2D eigenvalue weighted by Crippen LogP contribution is 2.38. The zero-order valence-corrected chi connectivity index (χ0v) is 35.0. The SMILES string of the molecule is Nc1c(Cc2ccc(Nc3ccc(-c4cccc(-c5ccccc5Nc5ccccc5)c4)cc3-c3ccccc3)cc2)ccc2ccccc12.Nc1ccc(-c2ccccc2)cc1. The lowest BCUT2D eigenvalue weighted by Gasteiger charge is -2.16. The predicted molar refractivity (Wildman–Crippen MR) is 270 cm³/mol. The number of anilines is 6. The summed E-state index contributed by atoms with van der Waals surface area (Å²) in [6.07, 6.45) is 0.784. The van der Waals surface area contributed by atoms with Gasteiger partial charge in [0.15, 0.2) is 0 Å². The third-order valence-corrected chi connectivity index (χ3v) is 11.3. The standard InChI is InChI=1S/C47H37N3.C12H11N/c48-47-39(25-24-35-14-7-8-20-43(35)47)30-33-22-27-41(28-23-33)50-46-29-26-37(32-44(46)34-12-3-1-4-13-34)36-15-11-16-38(31-36)42-19-9-10-21-45(42)49-40-17-5-2-6-18-40;13-12-8-6-11(7-9-12)10-4-2-1-3-5-10/h1-29,31-32,49-50H,30,48H2;1-9H,13H2. The summed E-state index contributed by atoms with van der Waals surface area (Å²) in [6.45, 7) is 0. The van der Waals surface area contributed by atoms with Gasteiger partial charge < -0.3 is 22.1 Å². The van der Waals surface area contributed by atoms with Crippen molar-refractivity contribution < 1.29 is 0 Å². The molecule has 0 radical (unpaired) electrons. The topological polar surface area (TPSA) is 76.1 Å². The monoisotopic (exact) mass is 812 g/mol. The van der Waals surface area contributed by atoms with Crippen molar-refractivity contribution in [2.24, 2.45) is 0 Å². The van der Waals surface area contributed by atoms with Gasteiger partial charge in [0.05, 0.1) is 0 Å². The molecule has 0 heterocycles. The molecule has 0 aliphatic carbocycles. The maximum Gasteiger partial charge on any atom is 0.0464 e. The Morgan fingerprint density at radius 3 is 1.62 bits per heavy atom. The summed E-state index contributed by atoms with van der Waals surface area (Å²) in [5.74, 6) is 0. The summed E-state index contributed by atoms with van der Waals surface area (Å²) in [4.78, 5) is 0. The first kappa shape index (κ1) is 40.1. The maximum atomic E-state index is 6.58. The smallest absolute Gasteiger partial charge is 0.0464 e. The average Bonchev–Trinajstić information content (AvgIpc) is 3.35. The molecule has 0 saturated carbocycles. The first-order valence-corrected chi connectivity index (χ1v) is 21.3. The van der Waals surface area contributed by atoms with Crippen LogP contribution in [0.25, 0.3) is 55.3 Å². The van der Waals surface area contributed by atoms with Gasteiger partial charge in [-0.3, -0.25) is 0 Å². The van der Waals surface area contributed by atoms with Crippen molar-refractivity contribution in [1.82, 2.24) is 0 Å². The molecule has 4 heteroatoms. The average molecular weight is 813 g/mol. The van der Waals surface area contributed by atoms with Gasteiger partial charge in [0, 0.05) is 50.6 Å². The van der Waals surface area contributed by atoms with Gasteiger partial charge in [-0.15, -0.1) is 0 Å². The number of para-hydroxylation sites is 2. The first-order valence-electron chi connectivity index (χ1n) is 21.3. The number of nitrogens with two attached hydrogens (primary N) is 2. The summed E-state index contributed by atoms with van der Waals surface area (Å²) >= 11 is 0. The van der Waals surface area contributed by atoms with Gasteiger partial charge in [0.1, 0.15) is 0 Å². The van der Waals surface area contributed by atoms with Gasteiger partial charge in [0.25, 0.3) is 0 Å². The van der Waals surface area contributed by atoms with E-state index in [2.05, 4.69) is 180 Å². The molecule has 0 unspecified atom stereocenters. The molecule has 0 saturated heterocycles. The van der Waals surface area contributed by atoms with Crippen LogP contribution in [0.15, 0.2) is 243 Å². The molecule has 4 nitrogen and oxygen atoms in total. The van der Waals surface area contributed by atoms with Crippen molar-refractivity contribution in [2.75, 3.05) is 22.1 Å². The zero-order chi connectivity index (χ0) is 42.8. The van der Waals surface area contributed by atoms with E-state index in [0.29, 0.717) is 0 Å². The van der Waals surface area contributed by atoms with Gasteiger partial charge >= 0.3 is 0 Å². The van der Waals surface area contributed by atoms with Crippen molar-refractivity contribution >= 4 is 44.9 Å². The summed E-state index contributed by atoms with van der Waals surface area (Å²) in [5.41, 5.74) is 29.8. The largest absolute Gasteiger partial charge is 0.399 e. The van der Waals surface area contributed by atoms with E-state index in [0.717, 1.165) is 84.9 Å². The van der Waals surface area contributed by atoms with Gasteiger partial charge in [0.2, 0.25) is 0 Å². The zero-order valence-electron chi connectivity index (χ0n) is 35.0. The molecular weight excluding hydrogens is 765 g/mol. The molecule has 63 heavy (non-hydrogen) atoms. The van der Waals surface area contributed by atoms with Crippen LogP contribution in [0, 0.1) is 0 Å². The number of hydrogen-bond acceptors (Lipinski definition) is 4. The van der Waals surface area contributed by atoms with Crippen LogP contribution in [0.1, 0.15) is 11.1 Å². The molecular formula is C59H48N4. The van der Waals surface area contributed by atoms with Crippen LogP contribution in [-0.4, -0.2) is 0 Å². The number of fused-ring (bicyclic) bond motifs is 1. The van der Waals surface area contributed by atoms with Crippen LogP contribution in [0.2, 0.25) is 0 Å². The molecule has 0 aliphatic rings. The normalized spacial score (nSPS) is 10.7. The summed E-state index contributed by atoms with van der Waals surface area (Å²) in [7, 11) is 0. The number of nitrogen functional groups attached to an aromatic ring is 2. The van der Waals surface area contributed by atoms with Gasteiger partial charge in [-0.25, -0.2) is 0 Å². The fourth-order valence-electron chi connectivity index (χ4n) is 7.96. The van der Waals surface area contributed by atoms with Crippen LogP contribution in [0.4, 0.5) is 34.1 Å². The Morgan fingerprint density at radius 1 is 0.333 bits per heavy atom. The minimum Gasteiger partial charge on any atom is -0.399 e. The Hall–Kier alpha value is -8.34. The summed E-state index contributed by atoms with van der Waals surface area (Å²) < 4.78 is 0. The molecule has 0 bridgehead atoms. The lowest BCUT2D eigenvalue weighted by Crippen LogP contribution is -1.98. The van der Waals surface area contributed by atoms with E-state index in [1.165, 1.54) is 22.1 Å². The Balaban J connectivity index is 0.000000331. The Labute approximate surface area is 370 Å². The van der Waals surface area contributed by atoms with E-state index in [4.69, 9.17) is 11.5 Å². The molecule has 0 amide bonds. The maximum absolute atomic E-state index is 6.58. The summed E-state index contributed by atoms with van der Waals surface area (Å²) in [6, 6.07) is 84.3. The second kappa shape index (κ2) is 18.9. The number of nitrogens with one attached hydrogen (secondary N) is 2. The molecule has 304 valence electrons. The lowest BCUT2D eigenvalue weighted by atomic mass is 9.94. The molecule has 10 aromatic rings. The van der Waals surface area contributed by atoms with E-state index in [9.17, 15) is 0 Å². The highest BCUT2D eigenvalue weighted by molar-refractivity contribution is 5.94. The van der Waals surface area contributed by atoms with E-state index in [1.54, 1.807) is 0 Å². The van der Waals surface area contributed by atoms with Crippen molar-refractivity contribution in [3.05, 3.63) is 254 Å². The molecule has 10 aromatic carbocycles. The van der Waals surface area contributed by atoms with Gasteiger partial charge in [-0.2, -0.15) is 0 Å². The van der Waals surface area contributed by atoms with Crippen molar-refractivity contribution in [1.29, 1.82) is 0 Å². The highest BCUT2D eigenvalue weighted by Gasteiger charge is 2.12. The molecule has 0 fully saturated rings. The third kappa shape index (κ3) is 9.68. The molecule has 0 aliphatic heterocycles. The molecule has 0 aromatic heterocycles. The molecule has 0 atom stereocenters. The van der Waals surface area contributed by atoms with Crippen molar-refractivity contribution in [2.45, 2.75) is 6.42 Å². The van der Waals surface area contributed by atoms with Crippen molar-refractivity contribution in [3.8, 4) is 44.5 Å². The first-order chi connectivity index (χ1) is 31.0. The van der Waals surface area contributed by atoms with Crippen LogP contribution in [0.5, 0.6) is 0 Å². The summed E-state index contributed by atoms with van der Waals surface area (Å²) in [5, 5.41) is 9.59. The van der Waals surface area contributed by atoms with Gasteiger partial charge in [-0.1, -0.05) is 182 Å². The van der Waals surface area contributed by atoms with E-state index in [1.807, 2.05) is 72.8 Å². The van der Waals surface area contributed by atoms with Crippen LogP contribution in [0.3, 0.4) is 0 Å². The fraction of sp³-hybridized carbons (Fsp3) is 0.0169. The second-order valence-corrected chi connectivity index (χ2v) is 15.6. The molecule has 6 N–H and O–H groups in total. The van der Waals surface area contributed by atoms with Crippen LogP contribution >= 0.6 is 0 Å². The van der Waals surface area contributed by atoms with E-state index < -0.39 is 0 Å². The molecule has 0 spiro atoms.